The highest BCUT2D eigenvalue weighted by atomic mass is 35.5. The first-order valence-electron chi connectivity index (χ1n) is 8.03. The zero-order chi connectivity index (χ0) is 18.4. The van der Waals surface area contributed by atoms with Crippen molar-refractivity contribution in [1.29, 1.82) is 0 Å². The minimum atomic E-state index is -0.267. The van der Waals surface area contributed by atoms with Crippen LogP contribution in [0.4, 0.5) is 0 Å². The fraction of sp³-hybridized carbons (Fsp3) is 0.150. The predicted octanol–water partition coefficient (Wildman–Crippen LogP) is 5.23. The molecule has 0 saturated heterocycles. The fourth-order valence-electron chi connectivity index (χ4n) is 2.44. The van der Waals surface area contributed by atoms with Gasteiger partial charge in [0.25, 0.3) is 5.91 Å². The second-order valence-corrected chi connectivity index (χ2v) is 6.54. The Morgan fingerprint density at radius 2 is 1.85 bits per heavy atom. The van der Waals surface area contributed by atoms with Crippen LogP contribution in [-0.2, 0) is 24.5 Å². The lowest BCUT2D eigenvalue weighted by atomic mass is 10.1. The average molecular weight is 390 g/mol. The highest BCUT2D eigenvalue weighted by molar-refractivity contribution is 6.35. The molecule has 0 unspecified atom stereocenters. The summed E-state index contributed by atoms with van der Waals surface area (Å²) in [6.45, 7) is 1.26. The van der Waals surface area contributed by atoms with Gasteiger partial charge < -0.3 is 14.5 Å². The largest absolute Gasteiger partial charge is 0.467 e. The van der Waals surface area contributed by atoms with Gasteiger partial charge in [-0.1, -0.05) is 47.5 Å². The number of rotatable bonds is 7. The van der Waals surface area contributed by atoms with E-state index in [-0.39, 0.29) is 5.91 Å². The molecule has 6 heteroatoms. The molecule has 0 aliphatic rings. The van der Waals surface area contributed by atoms with Crippen molar-refractivity contribution in [3.05, 3.63) is 93.4 Å². The second kappa shape index (κ2) is 8.90. The highest BCUT2D eigenvalue weighted by Crippen LogP contribution is 2.20. The number of hydrogen-bond acceptors (Lipinski definition) is 3. The van der Waals surface area contributed by atoms with Gasteiger partial charge in [-0.2, -0.15) is 0 Å². The zero-order valence-corrected chi connectivity index (χ0v) is 15.4. The van der Waals surface area contributed by atoms with E-state index < -0.39 is 0 Å². The lowest BCUT2D eigenvalue weighted by Crippen LogP contribution is -2.23. The summed E-state index contributed by atoms with van der Waals surface area (Å²) in [5.74, 6) is 0.517. The van der Waals surface area contributed by atoms with Gasteiger partial charge in [0.2, 0.25) is 0 Å². The molecule has 1 amide bonds. The summed E-state index contributed by atoms with van der Waals surface area (Å²) >= 11 is 12.0. The molecule has 2 aromatic carbocycles. The lowest BCUT2D eigenvalue weighted by Gasteiger charge is -2.09. The first-order chi connectivity index (χ1) is 12.6. The molecule has 3 aromatic rings. The number of benzene rings is 2. The van der Waals surface area contributed by atoms with Crippen molar-refractivity contribution >= 4 is 29.1 Å². The third kappa shape index (κ3) is 5.11. The van der Waals surface area contributed by atoms with Gasteiger partial charge in [-0.05, 0) is 41.5 Å². The minimum Gasteiger partial charge on any atom is -0.467 e. The van der Waals surface area contributed by atoms with E-state index in [1.165, 1.54) is 0 Å². The number of carbonyl (C=O) groups is 1. The van der Waals surface area contributed by atoms with E-state index in [2.05, 4.69) is 5.32 Å². The van der Waals surface area contributed by atoms with Crippen molar-refractivity contribution < 1.29 is 13.9 Å². The van der Waals surface area contributed by atoms with Crippen molar-refractivity contribution in [1.82, 2.24) is 5.32 Å². The highest BCUT2D eigenvalue weighted by Gasteiger charge is 2.10. The van der Waals surface area contributed by atoms with Gasteiger partial charge in [0.15, 0.2) is 0 Å². The standard InChI is InChI=1S/C20H17Cl2NO3/c21-16-6-7-19(22)18(10-16)20(24)23-11-14-3-1-4-15(9-14)12-25-13-17-5-2-8-26-17/h1-10H,11-13H2,(H,23,24). The number of ether oxygens (including phenoxy) is 1. The summed E-state index contributed by atoms with van der Waals surface area (Å²) in [5, 5.41) is 3.69. The third-order valence-electron chi connectivity index (χ3n) is 3.71. The first-order valence-corrected chi connectivity index (χ1v) is 8.78. The predicted molar refractivity (Wildman–Crippen MR) is 101 cm³/mol. The quantitative estimate of drug-likeness (QED) is 0.601. The molecule has 0 spiro atoms. The zero-order valence-electron chi connectivity index (χ0n) is 13.9. The molecule has 1 N–H and O–H groups in total. The molecule has 0 bridgehead atoms. The molecular weight excluding hydrogens is 373 g/mol. The average Bonchev–Trinajstić information content (AvgIpc) is 3.15. The van der Waals surface area contributed by atoms with Crippen LogP contribution >= 0.6 is 23.2 Å². The van der Waals surface area contributed by atoms with E-state index in [1.807, 2.05) is 36.4 Å². The van der Waals surface area contributed by atoms with E-state index in [4.69, 9.17) is 32.4 Å². The number of hydrogen-bond donors (Lipinski definition) is 1. The molecule has 1 aromatic heterocycles. The monoisotopic (exact) mass is 389 g/mol. The molecule has 134 valence electrons. The summed E-state index contributed by atoms with van der Waals surface area (Å²) in [5.41, 5.74) is 2.34. The number of amides is 1. The van der Waals surface area contributed by atoms with Crippen LogP contribution in [0.1, 0.15) is 27.2 Å². The molecule has 0 aliphatic carbocycles. The number of nitrogens with one attached hydrogen (secondary N) is 1. The molecular formula is C20H17Cl2NO3. The van der Waals surface area contributed by atoms with Crippen LogP contribution in [-0.4, -0.2) is 5.91 Å². The Bertz CT molecular complexity index is 879. The van der Waals surface area contributed by atoms with Gasteiger partial charge in [0, 0.05) is 11.6 Å². The van der Waals surface area contributed by atoms with Crippen LogP contribution in [0.2, 0.25) is 10.0 Å². The van der Waals surface area contributed by atoms with Crippen LogP contribution in [0.3, 0.4) is 0 Å². The van der Waals surface area contributed by atoms with E-state index in [0.717, 1.165) is 16.9 Å². The van der Waals surface area contributed by atoms with Crippen molar-refractivity contribution in [2.75, 3.05) is 0 Å². The fourth-order valence-corrected chi connectivity index (χ4v) is 2.82. The molecule has 0 atom stereocenters. The summed E-state index contributed by atoms with van der Waals surface area (Å²) in [6.07, 6.45) is 1.62. The smallest absolute Gasteiger partial charge is 0.253 e. The minimum absolute atomic E-state index is 0.267. The number of halogens is 2. The maximum Gasteiger partial charge on any atom is 0.253 e. The van der Waals surface area contributed by atoms with Gasteiger partial charge >= 0.3 is 0 Å². The first kappa shape index (κ1) is 18.5. The third-order valence-corrected chi connectivity index (χ3v) is 4.28. The van der Waals surface area contributed by atoms with Gasteiger partial charge in [0.05, 0.1) is 23.5 Å². The summed E-state index contributed by atoms with van der Waals surface area (Å²) in [7, 11) is 0. The van der Waals surface area contributed by atoms with Crippen molar-refractivity contribution in [3.63, 3.8) is 0 Å². The van der Waals surface area contributed by atoms with Crippen LogP contribution in [0.15, 0.2) is 65.3 Å². The molecule has 0 saturated carbocycles. The van der Waals surface area contributed by atoms with Crippen molar-refractivity contribution in [2.45, 2.75) is 19.8 Å². The molecule has 0 aliphatic heterocycles. The maximum absolute atomic E-state index is 12.3. The van der Waals surface area contributed by atoms with E-state index >= 15 is 0 Å². The van der Waals surface area contributed by atoms with Crippen LogP contribution in [0, 0.1) is 0 Å². The Balaban J connectivity index is 1.54. The number of furan rings is 1. The number of carbonyl (C=O) groups excluding carboxylic acids is 1. The Kier molecular flexibility index (Phi) is 6.34. The van der Waals surface area contributed by atoms with Gasteiger partial charge in [-0.15, -0.1) is 0 Å². The van der Waals surface area contributed by atoms with Crippen LogP contribution in [0.25, 0.3) is 0 Å². The van der Waals surface area contributed by atoms with E-state index in [1.54, 1.807) is 24.5 Å². The Morgan fingerprint density at radius 3 is 2.65 bits per heavy atom. The normalized spacial score (nSPS) is 10.7. The van der Waals surface area contributed by atoms with Gasteiger partial charge in [-0.3, -0.25) is 4.79 Å². The summed E-state index contributed by atoms with van der Waals surface area (Å²) in [6, 6.07) is 16.3. The second-order valence-electron chi connectivity index (χ2n) is 5.70. The van der Waals surface area contributed by atoms with Gasteiger partial charge in [0.1, 0.15) is 12.4 Å². The van der Waals surface area contributed by atoms with E-state index in [9.17, 15) is 4.79 Å². The molecule has 4 nitrogen and oxygen atoms in total. The van der Waals surface area contributed by atoms with Crippen molar-refractivity contribution in [3.8, 4) is 0 Å². The Hall–Kier alpha value is -2.27. The lowest BCUT2D eigenvalue weighted by molar-refractivity contribution is 0.0928. The van der Waals surface area contributed by atoms with Crippen LogP contribution < -0.4 is 5.32 Å². The van der Waals surface area contributed by atoms with Gasteiger partial charge in [-0.25, -0.2) is 0 Å². The topological polar surface area (TPSA) is 51.5 Å². The Morgan fingerprint density at radius 1 is 1.00 bits per heavy atom. The molecule has 26 heavy (non-hydrogen) atoms. The van der Waals surface area contributed by atoms with Crippen LogP contribution in [0.5, 0.6) is 0 Å². The van der Waals surface area contributed by atoms with Crippen molar-refractivity contribution in [2.24, 2.45) is 0 Å². The Labute approximate surface area is 161 Å². The SMILES string of the molecule is O=C(NCc1cccc(COCc2ccco2)c1)c1cc(Cl)ccc1Cl. The molecule has 3 rings (SSSR count). The molecule has 0 fully saturated rings. The van der Waals surface area contributed by atoms with E-state index in [0.29, 0.717) is 35.4 Å². The maximum atomic E-state index is 12.3. The molecule has 1 heterocycles. The summed E-state index contributed by atoms with van der Waals surface area (Å²) < 4.78 is 10.9. The molecule has 0 radical (unpaired) electrons. The summed E-state index contributed by atoms with van der Waals surface area (Å²) in [4.78, 5) is 12.3.